The molecule has 0 unspecified atom stereocenters. The van der Waals surface area contributed by atoms with E-state index in [0.29, 0.717) is 22.9 Å². The Labute approximate surface area is 128 Å². The first-order valence-electron chi connectivity index (χ1n) is 6.80. The smallest absolute Gasteiger partial charge is 0.347 e. The van der Waals surface area contributed by atoms with Crippen LogP contribution in [0.25, 0.3) is 10.6 Å². The number of nitrogens with zero attached hydrogens (tertiary/aromatic N) is 1. The van der Waals surface area contributed by atoms with Crippen molar-refractivity contribution in [3.05, 3.63) is 34.3 Å². The minimum absolute atomic E-state index is 0.340. The highest BCUT2D eigenvalue weighted by atomic mass is 32.1. The van der Waals surface area contributed by atoms with Gasteiger partial charge in [0.15, 0.2) is 0 Å². The first kappa shape index (κ1) is 15.5. The zero-order chi connectivity index (χ0) is 15.6. The molecule has 2 rings (SSSR count). The lowest BCUT2D eigenvalue weighted by Crippen LogP contribution is -2.02. The lowest BCUT2D eigenvalue weighted by molar-refractivity contribution is 0.0700. The number of rotatable bonds is 5. The standard InChI is InChI=1S/C16H19NO3S/c1-9(2)7-12-14(16(18)19)21-15(17-12)11-5-6-13(20-4)10(3)8-11/h5-6,8-9H,7H2,1-4H3,(H,18,19). The first-order valence-corrected chi connectivity index (χ1v) is 7.62. The molecule has 0 spiro atoms. The third-order valence-corrected chi connectivity index (χ3v) is 4.27. The predicted molar refractivity (Wildman–Crippen MR) is 84.3 cm³/mol. The highest BCUT2D eigenvalue weighted by Gasteiger charge is 2.19. The number of aromatic nitrogens is 1. The summed E-state index contributed by atoms with van der Waals surface area (Å²) in [7, 11) is 1.63. The Morgan fingerprint density at radius 2 is 2.14 bits per heavy atom. The highest BCUT2D eigenvalue weighted by molar-refractivity contribution is 7.17. The van der Waals surface area contributed by atoms with Crippen molar-refractivity contribution in [2.45, 2.75) is 27.2 Å². The van der Waals surface area contributed by atoms with Crippen LogP contribution in [-0.4, -0.2) is 23.2 Å². The molecule has 0 atom stereocenters. The molecule has 0 aliphatic rings. The van der Waals surface area contributed by atoms with Crippen LogP contribution in [0.4, 0.5) is 0 Å². The summed E-state index contributed by atoms with van der Waals surface area (Å²) in [4.78, 5) is 16.2. The molecule has 5 heteroatoms. The zero-order valence-electron chi connectivity index (χ0n) is 12.6. The van der Waals surface area contributed by atoms with Crippen LogP contribution in [0.3, 0.4) is 0 Å². The molecule has 112 valence electrons. The van der Waals surface area contributed by atoms with Gasteiger partial charge in [-0.2, -0.15) is 0 Å². The van der Waals surface area contributed by atoms with Gasteiger partial charge in [0.05, 0.1) is 12.8 Å². The van der Waals surface area contributed by atoms with Gasteiger partial charge in [-0.25, -0.2) is 9.78 Å². The fourth-order valence-corrected chi connectivity index (χ4v) is 3.11. The second-order valence-electron chi connectivity index (χ2n) is 5.38. The van der Waals surface area contributed by atoms with Crippen LogP contribution in [-0.2, 0) is 6.42 Å². The molecule has 0 saturated heterocycles. The Bertz CT molecular complexity index is 662. The minimum atomic E-state index is -0.903. The number of hydrogen-bond acceptors (Lipinski definition) is 4. The van der Waals surface area contributed by atoms with Crippen LogP contribution in [0, 0.1) is 12.8 Å². The molecule has 0 saturated carbocycles. The fourth-order valence-electron chi connectivity index (χ4n) is 2.18. The number of carbonyl (C=O) groups is 1. The SMILES string of the molecule is COc1ccc(-c2nc(CC(C)C)c(C(=O)O)s2)cc1C. The number of thiazole rings is 1. The molecule has 1 N–H and O–H groups in total. The summed E-state index contributed by atoms with van der Waals surface area (Å²) in [5.74, 6) is 0.284. The van der Waals surface area contributed by atoms with Crippen molar-refractivity contribution in [1.82, 2.24) is 4.98 Å². The second-order valence-corrected chi connectivity index (χ2v) is 6.38. The molecule has 0 fully saturated rings. The fraction of sp³-hybridized carbons (Fsp3) is 0.375. The number of ether oxygens (including phenoxy) is 1. The van der Waals surface area contributed by atoms with E-state index in [1.807, 2.05) is 25.1 Å². The van der Waals surface area contributed by atoms with Crippen molar-refractivity contribution in [2.75, 3.05) is 7.11 Å². The van der Waals surface area contributed by atoms with Gasteiger partial charge in [-0.3, -0.25) is 0 Å². The van der Waals surface area contributed by atoms with E-state index in [1.54, 1.807) is 7.11 Å². The average Bonchev–Trinajstić information content (AvgIpc) is 2.81. The molecule has 1 aromatic heterocycles. The van der Waals surface area contributed by atoms with E-state index in [9.17, 15) is 9.90 Å². The van der Waals surface area contributed by atoms with Crippen LogP contribution in [0.15, 0.2) is 18.2 Å². The van der Waals surface area contributed by atoms with Crippen molar-refractivity contribution in [3.8, 4) is 16.3 Å². The maximum Gasteiger partial charge on any atom is 0.347 e. The number of benzene rings is 1. The maximum absolute atomic E-state index is 11.4. The summed E-state index contributed by atoms with van der Waals surface area (Å²) in [5, 5.41) is 10.1. The van der Waals surface area contributed by atoms with Crippen molar-refractivity contribution < 1.29 is 14.6 Å². The topological polar surface area (TPSA) is 59.4 Å². The van der Waals surface area contributed by atoms with E-state index in [2.05, 4.69) is 18.8 Å². The van der Waals surface area contributed by atoms with Gasteiger partial charge in [0, 0.05) is 5.56 Å². The van der Waals surface area contributed by atoms with E-state index in [1.165, 1.54) is 11.3 Å². The molecule has 1 aromatic carbocycles. The van der Waals surface area contributed by atoms with Crippen molar-refractivity contribution in [1.29, 1.82) is 0 Å². The molecule has 0 radical (unpaired) electrons. The van der Waals surface area contributed by atoms with Crippen LogP contribution >= 0.6 is 11.3 Å². The highest BCUT2D eigenvalue weighted by Crippen LogP contribution is 2.32. The van der Waals surface area contributed by atoms with Crippen LogP contribution < -0.4 is 4.74 Å². The largest absolute Gasteiger partial charge is 0.496 e. The van der Waals surface area contributed by atoms with Crippen molar-refractivity contribution in [3.63, 3.8) is 0 Å². The van der Waals surface area contributed by atoms with Gasteiger partial charge in [0.25, 0.3) is 0 Å². The van der Waals surface area contributed by atoms with Gasteiger partial charge in [-0.1, -0.05) is 13.8 Å². The Kier molecular flexibility index (Phi) is 4.63. The number of carboxylic acid groups (broad SMARTS) is 1. The molecular formula is C16H19NO3S. The van der Waals surface area contributed by atoms with Gasteiger partial charge in [-0.15, -0.1) is 11.3 Å². The first-order chi connectivity index (χ1) is 9.92. The Balaban J connectivity index is 2.44. The molecule has 0 aliphatic heterocycles. The van der Waals surface area contributed by atoms with E-state index in [0.717, 1.165) is 21.9 Å². The second kappa shape index (κ2) is 6.26. The number of methoxy groups -OCH3 is 1. The summed E-state index contributed by atoms with van der Waals surface area (Å²) in [6.45, 7) is 6.08. The maximum atomic E-state index is 11.4. The molecule has 0 amide bonds. The van der Waals surface area contributed by atoms with E-state index in [4.69, 9.17) is 4.74 Å². The molecule has 4 nitrogen and oxygen atoms in total. The Hall–Kier alpha value is -1.88. The van der Waals surface area contributed by atoms with Crippen molar-refractivity contribution >= 4 is 17.3 Å². The monoisotopic (exact) mass is 305 g/mol. The lowest BCUT2D eigenvalue weighted by Gasteiger charge is -2.05. The van der Waals surface area contributed by atoms with Gasteiger partial charge in [0.1, 0.15) is 15.6 Å². The summed E-state index contributed by atoms with van der Waals surface area (Å²) < 4.78 is 5.24. The summed E-state index contributed by atoms with van der Waals surface area (Å²) in [5.41, 5.74) is 2.61. The van der Waals surface area contributed by atoms with Crippen LogP contribution in [0.5, 0.6) is 5.75 Å². The van der Waals surface area contributed by atoms with Gasteiger partial charge in [0.2, 0.25) is 0 Å². The van der Waals surface area contributed by atoms with Crippen LogP contribution in [0.1, 0.15) is 34.8 Å². The van der Waals surface area contributed by atoms with E-state index in [-0.39, 0.29) is 0 Å². The van der Waals surface area contributed by atoms with E-state index >= 15 is 0 Å². The lowest BCUT2D eigenvalue weighted by atomic mass is 10.1. The van der Waals surface area contributed by atoms with Crippen molar-refractivity contribution in [2.24, 2.45) is 5.92 Å². The normalized spacial score (nSPS) is 10.9. The Morgan fingerprint density at radius 3 is 2.67 bits per heavy atom. The van der Waals surface area contributed by atoms with Gasteiger partial charge < -0.3 is 9.84 Å². The third-order valence-electron chi connectivity index (χ3n) is 3.13. The van der Waals surface area contributed by atoms with E-state index < -0.39 is 5.97 Å². The third kappa shape index (κ3) is 3.42. The zero-order valence-corrected chi connectivity index (χ0v) is 13.5. The number of aryl methyl sites for hydroxylation is 1. The van der Waals surface area contributed by atoms with Gasteiger partial charge in [-0.05, 0) is 43.0 Å². The van der Waals surface area contributed by atoms with Crippen LogP contribution in [0.2, 0.25) is 0 Å². The molecule has 21 heavy (non-hydrogen) atoms. The predicted octanol–water partition coefficient (Wildman–Crippen LogP) is 4.02. The Morgan fingerprint density at radius 1 is 1.43 bits per heavy atom. The quantitative estimate of drug-likeness (QED) is 0.906. The number of aromatic carboxylic acids is 1. The number of carboxylic acids is 1. The molecule has 2 aromatic rings. The minimum Gasteiger partial charge on any atom is -0.496 e. The molecule has 1 heterocycles. The van der Waals surface area contributed by atoms with Gasteiger partial charge >= 0.3 is 5.97 Å². The summed E-state index contributed by atoms with van der Waals surface area (Å²) >= 11 is 1.23. The summed E-state index contributed by atoms with van der Waals surface area (Å²) in [6.07, 6.45) is 0.674. The molecular weight excluding hydrogens is 286 g/mol. The average molecular weight is 305 g/mol. The molecule has 0 bridgehead atoms. The summed E-state index contributed by atoms with van der Waals surface area (Å²) in [6, 6.07) is 5.77. The molecule has 0 aliphatic carbocycles. The number of hydrogen-bond donors (Lipinski definition) is 1.